The number of benzene rings is 2. The molecule has 0 atom stereocenters. The van der Waals surface area contributed by atoms with Gasteiger partial charge in [0.15, 0.2) is 0 Å². The van der Waals surface area contributed by atoms with Crippen LogP contribution < -0.4 is 0 Å². The van der Waals surface area contributed by atoms with Crippen LogP contribution >= 0.6 is 0 Å². The van der Waals surface area contributed by atoms with E-state index in [1.165, 1.54) is 16.6 Å². The highest BCUT2D eigenvalue weighted by Crippen LogP contribution is 2.24. The van der Waals surface area contributed by atoms with Gasteiger partial charge in [0, 0.05) is 49.6 Å². The SMILES string of the molecule is CS(=O)(=O)N1CCN(C(=O)/C=C/c2cn(-c3ccccc3)nc2-c2ccccc2)CC1. The van der Waals surface area contributed by atoms with Crippen LogP contribution in [0.4, 0.5) is 0 Å². The Balaban J connectivity index is 1.57. The van der Waals surface area contributed by atoms with E-state index >= 15 is 0 Å². The fraction of sp³-hybridized carbons (Fsp3) is 0.217. The first-order valence-corrected chi connectivity index (χ1v) is 11.9. The van der Waals surface area contributed by atoms with E-state index in [1.54, 1.807) is 15.7 Å². The van der Waals surface area contributed by atoms with Crippen molar-refractivity contribution < 1.29 is 13.2 Å². The van der Waals surface area contributed by atoms with Crippen molar-refractivity contribution >= 4 is 22.0 Å². The number of hydrogen-bond acceptors (Lipinski definition) is 4. The molecule has 1 aromatic heterocycles. The summed E-state index contributed by atoms with van der Waals surface area (Å²) in [6.45, 7) is 1.40. The summed E-state index contributed by atoms with van der Waals surface area (Å²) in [6, 6.07) is 19.6. The Morgan fingerprint density at radius 2 is 1.55 bits per heavy atom. The van der Waals surface area contributed by atoms with E-state index in [0.717, 1.165) is 22.5 Å². The smallest absolute Gasteiger partial charge is 0.246 e. The van der Waals surface area contributed by atoms with Gasteiger partial charge >= 0.3 is 0 Å². The Hall–Kier alpha value is -3.23. The Labute approximate surface area is 182 Å². The molecule has 0 radical (unpaired) electrons. The minimum Gasteiger partial charge on any atom is -0.337 e. The topological polar surface area (TPSA) is 75.5 Å². The Bertz CT molecular complexity index is 1180. The summed E-state index contributed by atoms with van der Waals surface area (Å²) >= 11 is 0. The summed E-state index contributed by atoms with van der Waals surface area (Å²) < 4.78 is 26.5. The number of amides is 1. The van der Waals surface area contributed by atoms with Gasteiger partial charge in [0.05, 0.1) is 17.6 Å². The molecule has 1 aliphatic heterocycles. The highest BCUT2D eigenvalue weighted by atomic mass is 32.2. The van der Waals surface area contributed by atoms with Gasteiger partial charge < -0.3 is 4.90 Å². The van der Waals surface area contributed by atoms with Crippen LogP contribution in [0.3, 0.4) is 0 Å². The Kier molecular flexibility index (Phi) is 6.01. The predicted molar refractivity (Wildman–Crippen MR) is 121 cm³/mol. The first-order chi connectivity index (χ1) is 14.9. The number of piperazine rings is 1. The largest absolute Gasteiger partial charge is 0.337 e. The lowest BCUT2D eigenvalue weighted by atomic mass is 10.1. The number of nitrogens with zero attached hydrogens (tertiary/aromatic N) is 4. The van der Waals surface area contributed by atoms with Gasteiger partial charge in [-0.15, -0.1) is 0 Å². The summed E-state index contributed by atoms with van der Waals surface area (Å²) in [4.78, 5) is 14.4. The van der Waals surface area contributed by atoms with Crippen molar-refractivity contribution in [3.63, 3.8) is 0 Å². The minimum absolute atomic E-state index is 0.139. The Morgan fingerprint density at radius 1 is 0.935 bits per heavy atom. The van der Waals surface area contributed by atoms with Crippen molar-refractivity contribution in [3.05, 3.63) is 78.5 Å². The van der Waals surface area contributed by atoms with Crippen LogP contribution in [0.15, 0.2) is 72.9 Å². The van der Waals surface area contributed by atoms with Crippen LogP contribution in [0.1, 0.15) is 5.56 Å². The second-order valence-corrected chi connectivity index (χ2v) is 9.38. The van der Waals surface area contributed by atoms with Crippen molar-refractivity contribution in [1.29, 1.82) is 0 Å². The standard InChI is InChI=1S/C23H24N4O3S/c1-31(29,30)26-16-14-25(15-17-26)22(28)13-12-20-18-27(21-10-6-3-7-11-21)24-23(20)19-8-4-2-5-9-19/h2-13,18H,14-17H2,1H3/b13-12+. The van der Waals surface area contributed by atoms with Crippen LogP contribution in [0, 0.1) is 0 Å². The molecule has 2 aromatic carbocycles. The fourth-order valence-corrected chi connectivity index (χ4v) is 4.38. The molecule has 1 amide bonds. The minimum atomic E-state index is -3.22. The maximum Gasteiger partial charge on any atom is 0.246 e. The van der Waals surface area contributed by atoms with Gasteiger partial charge in [-0.3, -0.25) is 4.79 Å². The number of hydrogen-bond donors (Lipinski definition) is 0. The zero-order valence-electron chi connectivity index (χ0n) is 17.3. The average molecular weight is 437 g/mol. The van der Waals surface area contributed by atoms with Gasteiger partial charge in [0.1, 0.15) is 0 Å². The molecular formula is C23H24N4O3S. The molecule has 4 rings (SSSR count). The molecule has 7 nitrogen and oxygen atoms in total. The van der Waals surface area contributed by atoms with Gasteiger partial charge in [-0.25, -0.2) is 13.1 Å². The third kappa shape index (κ3) is 4.92. The highest BCUT2D eigenvalue weighted by Gasteiger charge is 2.25. The van der Waals surface area contributed by atoms with E-state index in [9.17, 15) is 13.2 Å². The summed E-state index contributed by atoms with van der Waals surface area (Å²) in [7, 11) is -3.22. The number of rotatable bonds is 5. The van der Waals surface area contributed by atoms with Crippen molar-refractivity contribution in [1.82, 2.24) is 19.0 Å². The fourth-order valence-electron chi connectivity index (χ4n) is 3.55. The lowest BCUT2D eigenvalue weighted by Gasteiger charge is -2.32. The predicted octanol–water partition coefficient (Wildman–Crippen LogP) is 2.66. The van der Waals surface area contributed by atoms with Crippen molar-refractivity contribution in [2.24, 2.45) is 0 Å². The number of sulfonamides is 1. The van der Waals surface area contributed by atoms with Gasteiger partial charge in [-0.05, 0) is 18.2 Å². The molecule has 0 N–H and O–H groups in total. The second-order valence-electron chi connectivity index (χ2n) is 7.40. The molecule has 0 spiro atoms. The molecule has 2 heterocycles. The van der Waals surface area contributed by atoms with E-state index in [0.29, 0.717) is 26.2 Å². The molecule has 1 fully saturated rings. The quantitative estimate of drug-likeness (QED) is 0.577. The van der Waals surface area contributed by atoms with E-state index < -0.39 is 10.0 Å². The lowest BCUT2D eigenvalue weighted by Crippen LogP contribution is -2.49. The van der Waals surface area contributed by atoms with Gasteiger partial charge in [-0.1, -0.05) is 48.5 Å². The monoisotopic (exact) mass is 436 g/mol. The zero-order chi connectivity index (χ0) is 21.8. The van der Waals surface area contributed by atoms with Crippen LogP contribution in [-0.4, -0.2) is 65.7 Å². The van der Waals surface area contributed by atoms with Gasteiger partial charge in [0.2, 0.25) is 15.9 Å². The maximum absolute atomic E-state index is 12.7. The normalized spacial score (nSPS) is 15.5. The van der Waals surface area contributed by atoms with Gasteiger partial charge in [-0.2, -0.15) is 9.40 Å². The van der Waals surface area contributed by atoms with Gasteiger partial charge in [0.25, 0.3) is 0 Å². The first kappa shape index (κ1) is 21.0. The van der Waals surface area contributed by atoms with Crippen molar-refractivity contribution in [2.45, 2.75) is 0 Å². The maximum atomic E-state index is 12.7. The average Bonchev–Trinajstić information content (AvgIpc) is 3.22. The van der Waals surface area contributed by atoms with E-state index in [1.807, 2.05) is 66.9 Å². The number of para-hydroxylation sites is 1. The van der Waals surface area contributed by atoms with Crippen LogP contribution in [0.2, 0.25) is 0 Å². The van der Waals surface area contributed by atoms with Crippen LogP contribution in [-0.2, 0) is 14.8 Å². The molecule has 160 valence electrons. The van der Waals surface area contributed by atoms with Crippen LogP contribution in [0.5, 0.6) is 0 Å². The third-order valence-electron chi connectivity index (χ3n) is 5.24. The van der Waals surface area contributed by atoms with E-state index in [-0.39, 0.29) is 5.91 Å². The lowest BCUT2D eigenvalue weighted by molar-refractivity contribution is -0.127. The van der Waals surface area contributed by atoms with Crippen molar-refractivity contribution in [2.75, 3.05) is 32.4 Å². The number of carbonyl (C=O) groups excluding carboxylic acids is 1. The number of aromatic nitrogens is 2. The molecular weight excluding hydrogens is 412 g/mol. The first-order valence-electron chi connectivity index (χ1n) is 10.0. The number of carbonyl (C=O) groups is 1. The molecule has 1 saturated heterocycles. The highest BCUT2D eigenvalue weighted by molar-refractivity contribution is 7.88. The summed E-state index contributed by atoms with van der Waals surface area (Å²) in [5.41, 5.74) is 3.52. The molecule has 0 unspecified atom stereocenters. The summed E-state index contributed by atoms with van der Waals surface area (Å²) in [5.74, 6) is -0.139. The van der Waals surface area contributed by atoms with Crippen molar-refractivity contribution in [3.8, 4) is 16.9 Å². The molecule has 1 aliphatic rings. The molecule has 0 bridgehead atoms. The molecule has 0 saturated carbocycles. The van der Waals surface area contributed by atoms with E-state index in [4.69, 9.17) is 5.10 Å². The summed E-state index contributed by atoms with van der Waals surface area (Å²) in [6.07, 6.45) is 6.41. The molecule has 0 aliphatic carbocycles. The van der Waals surface area contributed by atoms with E-state index in [2.05, 4.69) is 0 Å². The Morgan fingerprint density at radius 3 is 2.16 bits per heavy atom. The van der Waals surface area contributed by atoms with Crippen LogP contribution in [0.25, 0.3) is 23.0 Å². The molecule has 8 heteroatoms. The zero-order valence-corrected chi connectivity index (χ0v) is 18.1. The summed E-state index contributed by atoms with van der Waals surface area (Å²) in [5, 5.41) is 4.75. The molecule has 31 heavy (non-hydrogen) atoms. The molecule has 3 aromatic rings. The third-order valence-corrected chi connectivity index (χ3v) is 6.54. The second kappa shape index (κ2) is 8.87.